The second-order valence-electron chi connectivity index (χ2n) is 8.03. The minimum Gasteiger partial charge on any atom is -0.464 e. The highest BCUT2D eigenvalue weighted by Gasteiger charge is 2.44. The van der Waals surface area contributed by atoms with E-state index >= 15 is 0 Å². The van der Waals surface area contributed by atoms with Crippen LogP contribution in [0.4, 0.5) is 0 Å². The normalized spacial score (nSPS) is 25.0. The Hall–Kier alpha value is -2.21. The number of ether oxygens (including phenoxy) is 1. The van der Waals surface area contributed by atoms with Crippen LogP contribution in [0.1, 0.15) is 51.0 Å². The van der Waals surface area contributed by atoms with Crippen LogP contribution >= 0.6 is 0 Å². The Balaban J connectivity index is 1.62. The second-order valence-corrected chi connectivity index (χ2v) is 8.03. The maximum atomic E-state index is 13.2. The molecule has 0 bridgehead atoms. The van der Waals surface area contributed by atoms with Gasteiger partial charge in [-0.3, -0.25) is 9.59 Å². The Bertz CT molecular complexity index is 719. The lowest BCUT2D eigenvalue weighted by Gasteiger charge is -2.31. The molecule has 1 saturated carbocycles. The number of rotatable bonds is 8. The highest BCUT2D eigenvalue weighted by Crippen LogP contribution is 2.37. The molecular formula is C23H31NO5. The smallest absolute Gasteiger partial charge is 0.337 e. The molecule has 4 atom stereocenters. The molecule has 1 saturated heterocycles. The van der Waals surface area contributed by atoms with Gasteiger partial charge in [0.15, 0.2) is 6.10 Å². The van der Waals surface area contributed by atoms with Crippen molar-refractivity contribution in [3.8, 4) is 0 Å². The number of hydrogen-bond acceptors (Lipinski definition) is 5. The van der Waals surface area contributed by atoms with E-state index in [-0.39, 0.29) is 30.1 Å². The number of carbonyl (C=O) groups is 3. The lowest BCUT2D eigenvalue weighted by atomic mass is 9.87. The summed E-state index contributed by atoms with van der Waals surface area (Å²) < 4.78 is 4.92. The average molecular weight is 402 g/mol. The molecule has 6 heteroatoms. The van der Waals surface area contributed by atoms with Crippen molar-refractivity contribution in [3.63, 3.8) is 0 Å². The number of benzene rings is 1. The summed E-state index contributed by atoms with van der Waals surface area (Å²) in [4.78, 5) is 39.7. The minimum atomic E-state index is -1.32. The highest BCUT2D eigenvalue weighted by molar-refractivity contribution is 5.90. The molecule has 1 aromatic carbocycles. The zero-order valence-electron chi connectivity index (χ0n) is 17.1. The van der Waals surface area contributed by atoms with Crippen LogP contribution in [0.5, 0.6) is 0 Å². The summed E-state index contributed by atoms with van der Waals surface area (Å²) in [5.41, 5.74) is 1.12. The number of aliphatic hydroxyl groups excluding tert-OH is 1. The molecule has 2 aliphatic rings. The lowest BCUT2D eigenvalue weighted by molar-refractivity contribution is -0.158. The summed E-state index contributed by atoms with van der Waals surface area (Å²) in [6.45, 7) is 2.39. The van der Waals surface area contributed by atoms with E-state index < -0.39 is 18.1 Å². The van der Waals surface area contributed by atoms with Gasteiger partial charge in [-0.15, -0.1) is 0 Å². The molecule has 2 fully saturated rings. The first-order valence-corrected chi connectivity index (χ1v) is 10.7. The molecule has 158 valence electrons. The van der Waals surface area contributed by atoms with Crippen LogP contribution in [-0.2, 0) is 25.5 Å². The van der Waals surface area contributed by atoms with Gasteiger partial charge in [-0.1, -0.05) is 36.8 Å². The van der Waals surface area contributed by atoms with Crippen molar-refractivity contribution < 1.29 is 24.2 Å². The molecule has 29 heavy (non-hydrogen) atoms. The van der Waals surface area contributed by atoms with E-state index in [2.05, 4.69) is 0 Å². The van der Waals surface area contributed by atoms with Gasteiger partial charge < -0.3 is 14.7 Å². The Morgan fingerprint density at radius 1 is 1.10 bits per heavy atom. The largest absolute Gasteiger partial charge is 0.464 e. The Kier molecular flexibility index (Phi) is 7.42. The van der Waals surface area contributed by atoms with Gasteiger partial charge in [0.05, 0.1) is 12.6 Å². The number of hydrogen-bond donors (Lipinski definition) is 1. The molecule has 1 aliphatic carbocycles. The first-order valence-electron chi connectivity index (χ1n) is 10.7. The monoisotopic (exact) mass is 401 g/mol. The number of carbonyl (C=O) groups excluding carboxylic acids is 3. The molecule has 1 N–H and O–H groups in total. The van der Waals surface area contributed by atoms with Crippen molar-refractivity contribution in [2.45, 2.75) is 64.0 Å². The summed E-state index contributed by atoms with van der Waals surface area (Å²) in [7, 11) is 0. The van der Waals surface area contributed by atoms with Crippen molar-refractivity contribution >= 4 is 17.7 Å². The fraction of sp³-hybridized carbons (Fsp3) is 0.609. The van der Waals surface area contributed by atoms with Crippen molar-refractivity contribution in [2.24, 2.45) is 11.8 Å². The number of amides is 1. The van der Waals surface area contributed by atoms with Crippen molar-refractivity contribution in [3.05, 3.63) is 35.9 Å². The third-order valence-electron chi connectivity index (χ3n) is 6.22. The van der Waals surface area contributed by atoms with Crippen molar-refractivity contribution in [2.75, 3.05) is 13.2 Å². The average Bonchev–Trinajstić information content (AvgIpc) is 3.41. The molecule has 3 rings (SSSR count). The van der Waals surface area contributed by atoms with Crippen molar-refractivity contribution in [1.82, 2.24) is 4.90 Å². The van der Waals surface area contributed by atoms with Crippen LogP contribution in [-0.4, -0.2) is 53.0 Å². The zero-order chi connectivity index (χ0) is 20.8. The summed E-state index contributed by atoms with van der Waals surface area (Å²) in [6.07, 6.45) is 3.41. The highest BCUT2D eigenvalue weighted by atomic mass is 16.5. The zero-order valence-corrected chi connectivity index (χ0v) is 17.1. The number of nitrogens with zero attached hydrogens (tertiary/aromatic N) is 1. The summed E-state index contributed by atoms with van der Waals surface area (Å²) in [5.74, 6) is -1.22. The van der Waals surface area contributed by atoms with Crippen LogP contribution in [0.15, 0.2) is 30.3 Å². The van der Waals surface area contributed by atoms with Crippen molar-refractivity contribution in [1.29, 1.82) is 0 Å². The predicted octanol–water partition coefficient (Wildman–Crippen LogP) is 2.52. The van der Waals surface area contributed by atoms with Gasteiger partial charge in [-0.05, 0) is 44.6 Å². The van der Waals surface area contributed by atoms with E-state index in [1.165, 1.54) is 0 Å². The molecule has 1 heterocycles. The van der Waals surface area contributed by atoms with E-state index in [1.54, 1.807) is 11.8 Å². The maximum Gasteiger partial charge on any atom is 0.337 e. The van der Waals surface area contributed by atoms with Crippen LogP contribution in [0, 0.1) is 11.8 Å². The molecule has 1 aromatic rings. The van der Waals surface area contributed by atoms with Crippen LogP contribution < -0.4 is 0 Å². The third-order valence-corrected chi connectivity index (χ3v) is 6.22. The van der Waals surface area contributed by atoms with Crippen LogP contribution in [0.3, 0.4) is 0 Å². The van der Waals surface area contributed by atoms with Crippen LogP contribution in [0.2, 0.25) is 0 Å². The molecule has 2 unspecified atom stereocenters. The summed E-state index contributed by atoms with van der Waals surface area (Å²) in [5, 5.41) is 10.4. The molecule has 0 aromatic heterocycles. The van der Waals surface area contributed by atoms with Gasteiger partial charge in [0, 0.05) is 24.8 Å². The van der Waals surface area contributed by atoms with Gasteiger partial charge in [0.2, 0.25) is 5.91 Å². The quantitative estimate of drug-likeness (QED) is 0.677. The van der Waals surface area contributed by atoms with Gasteiger partial charge in [-0.2, -0.15) is 0 Å². The lowest BCUT2D eigenvalue weighted by Crippen LogP contribution is -2.49. The Morgan fingerprint density at radius 3 is 2.55 bits per heavy atom. The standard InChI is InChI=1S/C23H31NO5/c1-2-29-23(28)21(26)19-12-7-15-24(19)22(27)18-11-6-10-17(18)20(25)14-13-16-8-4-3-5-9-16/h3-5,8-9,17-19,21,26H,2,6-7,10-15H2,1H3/t17-,18?,19+,21?/m1/s1. The Morgan fingerprint density at radius 2 is 1.83 bits per heavy atom. The molecular weight excluding hydrogens is 370 g/mol. The van der Waals surface area contributed by atoms with E-state index in [1.807, 2.05) is 30.3 Å². The van der Waals surface area contributed by atoms with Gasteiger partial charge in [0.1, 0.15) is 5.78 Å². The SMILES string of the molecule is CCOC(=O)C(O)[C@@H]1CCCN1C(=O)C1CCC[C@H]1C(=O)CCc1ccccc1. The first kappa shape index (κ1) is 21.5. The fourth-order valence-corrected chi connectivity index (χ4v) is 4.73. The van der Waals surface area contributed by atoms with E-state index in [9.17, 15) is 19.5 Å². The molecule has 6 nitrogen and oxygen atoms in total. The number of likely N-dealkylation sites (tertiary alicyclic amines) is 1. The summed E-state index contributed by atoms with van der Waals surface area (Å²) >= 11 is 0. The van der Waals surface area contributed by atoms with Gasteiger partial charge in [0.25, 0.3) is 0 Å². The molecule has 0 radical (unpaired) electrons. The number of aryl methyl sites for hydroxylation is 1. The molecule has 1 aliphatic heterocycles. The number of aliphatic hydroxyl groups is 1. The predicted molar refractivity (Wildman–Crippen MR) is 108 cm³/mol. The fourth-order valence-electron chi connectivity index (χ4n) is 4.73. The number of esters is 1. The van der Waals surface area contributed by atoms with Crippen LogP contribution in [0.25, 0.3) is 0 Å². The topological polar surface area (TPSA) is 83.9 Å². The number of ketones is 1. The molecule has 1 amide bonds. The first-order chi connectivity index (χ1) is 14.0. The summed E-state index contributed by atoms with van der Waals surface area (Å²) in [6, 6.07) is 9.34. The molecule has 0 spiro atoms. The third kappa shape index (κ3) is 5.04. The second kappa shape index (κ2) is 10.0. The van der Waals surface area contributed by atoms with E-state index in [0.29, 0.717) is 32.2 Å². The van der Waals surface area contributed by atoms with E-state index in [4.69, 9.17) is 4.74 Å². The van der Waals surface area contributed by atoms with Gasteiger partial charge >= 0.3 is 5.97 Å². The Labute approximate surface area is 172 Å². The van der Waals surface area contributed by atoms with Gasteiger partial charge in [-0.25, -0.2) is 4.79 Å². The number of Topliss-reactive ketones (excluding diaryl/α,β-unsaturated/α-hetero) is 1. The van der Waals surface area contributed by atoms with E-state index in [0.717, 1.165) is 24.8 Å². The maximum absolute atomic E-state index is 13.2. The minimum absolute atomic E-state index is 0.0913.